The molecule has 1 fully saturated rings. The first-order valence-electron chi connectivity index (χ1n) is 14.8. The fraction of sp³-hybridized carbons (Fsp3) is 0.257. The number of benzene rings is 4. The van der Waals surface area contributed by atoms with Gasteiger partial charge in [-0.2, -0.15) is 0 Å². The zero-order valence-electron chi connectivity index (χ0n) is 26.2. The molecule has 1 aliphatic rings. The molecule has 11 heteroatoms. The van der Waals surface area contributed by atoms with Crippen molar-refractivity contribution in [3.63, 3.8) is 0 Å². The monoisotopic (exact) mass is 643 g/mol. The molecule has 0 aromatic heterocycles. The van der Waals surface area contributed by atoms with E-state index in [1.165, 1.54) is 18.1 Å². The lowest BCUT2D eigenvalue weighted by Gasteiger charge is -2.18. The van der Waals surface area contributed by atoms with Crippen LogP contribution < -0.4 is 18.9 Å². The molecular weight excluding hydrogens is 606 g/mol. The molecule has 0 bridgehead atoms. The highest BCUT2D eigenvalue weighted by molar-refractivity contribution is 7.92. The Hall–Kier alpha value is -5.03. The fourth-order valence-electron chi connectivity index (χ4n) is 5.37. The maximum Gasteiger partial charge on any atom is 0.265 e. The zero-order valence-corrected chi connectivity index (χ0v) is 27.0. The van der Waals surface area contributed by atoms with Gasteiger partial charge in [-0.05, 0) is 53.6 Å². The molecule has 1 heterocycles. The number of anilines is 1. The van der Waals surface area contributed by atoms with E-state index in [1.807, 2.05) is 30.3 Å². The van der Waals surface area contributed by atoms with Gasteiger partial charge in [0.2, 0.25) is 5.91 Å². The molecule has 1 N–H and O–H groups in total. The number of amides is 2. The number of methoxy groups -OCH3 is 2. The molecule has 0 aliphatic carbocycles. The van der Waals surface area contributed by atoms with Crippen molar-refractivity contribution in [3.05, 3.63) is 102 Å². The maximum atomic E-state index is 13.7. The largest absolute Gasteiger partial charge is 0.496 e. The minimum absolute atomic E-state index is 0.00989. The maximum absolute atomic E-state index is 13.7. The third-order valence-electron chi connectivity index (χ3n) is 7.72. The first-order chi connectivity index (χ1) is 22.1. The number of hydrogen-bond donors (Lipinski definition) is 1. The first kappa shape index (κ1) is 32.4. The Labute approximate surface area is 269 Å². The summed E-state index contributed by atoms with van der Waals surface area (Å²) >= 11 is 0. The van der Waals surface area contributed by atoms with E-state index in [9.17, 15) is 18.0 Å². The SMILES string of the molecule is COc1ccccc1CC(=O)N1CC[C@H](Oc2cccc(NS(=O)(=O)c3cc(-c4cccc(C(=O)N(C)C)c4)ccc3OC)c2)C1. The van der Waals surface area contributed by atoms with Gasteiger partial charge in [0.05, 0.1) is 32.9 Å². The molecular formula is C35H37N3O7S. The van der Waals surface area contributed by atoms with Gasteiger partial charge >= 0.3 is 0 Å². The Morgan fingerprint density at radius 3 is 2.37 bits per heavy atom. The third kappa shape index (κ3) is 7.43. The quantitative estimate of drug-likeness (QED) is 0.242. The fourth-order valence-corrected chi connectivity index (χ4v) is 6.61. The van der Waals surface area contributed by atoms with Gasteiger partial charge in [0.1, 0.15) is 28.2 Å². The first-order valence-corrected chi connectivity index (χ1v) is 16.3. The van der Waals surface area contributed by atoms with Gasteiger partial charge in [-0.15, -0.1) is 0 Å². The highest BCUT2D eigenvalue weighted by Gasteiger charge is 2.28. The van der Waals surface area contributed by atoms with Crippen molar-refractivity contribution >= 4 is 27.5 Å². The third-order valence-corrected chi connectivity index (χ3v) is 9.13. The van der Waals surface area contributed by atoms with E-state index in [0.29, 0.717) is 53.4 Å². The highest BCUT2D eigenvalue weighted by Crippen LogP contribution is 2.32. The van der Waals surface area contributed by atoms with Crippen LogP contribution in [0, 0.1) is 0 Å². The normalized spacial score (nSPS) is 14.4. The zero-order chi connectivity index (χ0) is 32.8. The predicted octanol–water partition coefficient (Wildman–Crippen LogP) is 5.10. The van der Waals surface area contributed by atoms with Crippen molar-refractivity contribution in [1.29, 1.82) is 0 Å². The summed E-state index contributed by atoms with van der Waals surface area (Å²) in [6.07, 6.45) is 0.650. The van der Waals surface area contributed by atoms with Crippen LogP contribution in [0.15, 0.2) is 95.9 Å². The minimum Gasteiger partial charge on any atom is -0.496 e. The second-order valence-electron chi connectivity index (χ2n) is 11.1. The van der Waals surface area contributed by atoms with Crippen LogP contribution >= 0.6 is 0 Å². The van der Waals surface area contributed by atoms with Crippen LogP contribution in [0.25, 0.3) is 11.1 Å². The molecule has 2 amide bonds. The number of nitrogens with one attached hydrogen (secondary N) is 1. The Balaban J connectivity index is 1.28. The van der Waals surface area contributed by atoms with E-state index < -0.39 is 10.0 Å². The molecule has 5 rings (SSSR count). The lowest BCUT2D eigenvalue weighted by Crippen LogP contribution is -2.32. The standard InChI is InChI=1S/C35H37N3O7S/c1-37(2)35(40)27-11-7-10-24(19-27)25-15-16-32(44-4)33(20-25)46(41,42)36-28-12-8-13-29(22-28)45-30-17-18-38(23-30)34(39)21-26-9-5-6-14-31(26)43-3/h5-16,19-20,22,30,36H,17-18,21,23H2,1-4H3/t30-/m0/s1. The summed E-state index contributed by atoms with van der Waals surface area (Å²) in [5.41, 5.74) is 2.93. The van der Waals surface area contributed by atoms with Gasteiger partial charge in [-0.25, -0.2) is 8.42 Å². The summed E-state index contributed by atoms with van der Waals surface area (Å²) in [7, 11) is 2.25. The molecule has 240 valence electrons. The number of carbonyl (C=O) groups excluding carboxylic acids is 2. The van der Waals surface area contributed by atoms with E-state index >= 15 is 0 Å². The highest BCUT2D eigenvalue weighted by atomic mass is 32.2. The van der Waals surface area contributed by atoms with Gasteiger partial charge in [-0.3, -0.25) is 14.3 Å². The van der Waals surface area contributed by atoms with Crippen LogP contribution in [0.4, 0.5) is 5.69 Å². The lowest BCUT2D eigenvalue weighted by molar-refractivity contribution is -0.129. The predicted molar refractivity (Wildman–Crippen MR) is 176 cm³/mol. The lowest BCUT2D eigenvalue weighted by atomic mass is 10.0. The molecule has 0 spiro atoms. The van der Waals surface area contributed by atoms with Crippen molar-refractivity contribution in [2.24, 2.45) is 0 Å². The van der Waals surface area contributed by atoms with Crippen LogP contribution in [0.1, 0.15) is 22.3 Å². The number of sulfonamides is 1. The molecule has 4 aromatic rings. The van der Waals surface area contributed by atoms with Gasteiger partial charge in [0.15, 0.2) is 0 Å². The van der Waals surface area contributed by atoms with E-state index in [2.05, 4.69) is 4.72 Å². The van der Waals surface area contributed by atoms with Crippen LogP contribution in [0.2, 0.25) is 0 Å². The Morgan fingerprint density at radius 2 is 1.61 bits per heavy atom. The summed E-state index contributed by atoms with van der Waals surface area (Å²) in [6.45, 7) is 0.989. The average molecular weight is 644 g/mol. The van der Waals surface area contributed by atoms with Gasteiger partial charge in [0, 0.05) is 44.3 Å². The van der Waals surface area contributed by atoms with E-state index in [0.717, 1.165) is 5.56 Å². The topological polar surface area (TPSA) is 114 Å². The molecule has 1 saturated heterocycles. The number of ether oxygens (including phenoxy) is 3. The van der Waals surface area contributed by atoms with Gasteiger partial charge in [-0.1, -0.05) is 42.5 Å². The Morgan fingerprint density at radius 1 is 0.870 bits per heavy atom. The van der Waals surface area contributed by atoms with Gasteiger partial charge in [0.25, 0.3) is 15.9 Å². The number of hydrogen-bond acceptors (Lipinski definition) is 7. The second-order valence-corrected chi connectivity index (χ2v) is 12.8. The summed E-state index contributed by atoms with van der Waals surface area (Å²) in [4.78, 5) is 28.7. The van der Waals surface area contributed by atoms with E-state index in [4.69, 9.17) is 14.2 Å². The Bertz CT molecular complexity index is 1840. The number of likely N-dealkylation sites (tertiary alicyclic amines) is 1. The van der Waals surface area contributed by atoms with Crippen LogP contribution in [0.5, 0.6) is 17.2 Å². The van der Waals surface area contributed by atoms with Crippen LogP contribution in [-0.2, 0) is 21.2 Å². The minimum atomic E-state index is -4.09. The van der Waals surface area contributed by atoms with E-state index in [-0.39, 0.29) is 35.0 Å². The van der Waals surface area contributed by atoms with Crippen molar-refractivity contribution in [2.45, 2.75) is 23.8 Å². The number of rotatable bonds is 11. The van der Waals surface area contributed by atoms with Crippen molar-refractivity contribution < 1.29 is 32.2 Å². The number of para-hydroxylation sites is 1. The van der Waals surface area contributed by atoms with Crippen molar-refractivity contribution in [2.75, 3.05) is 46.1 Å². The molecule has 0 unspecified atom stereocenters. The van der Waals surface area contributed by atoms with Crippen LogP contribution in [-0.4, -0.2) is 77.5 Å². The molecule has 0 radical (unpaired) electrons. The molecule has 46 heavy (non-hydrogen) atoms. The Kier molecular flexibility index (Phi) is 9.81. The smallest absolute Gasteiger partial charge is 0.265 e. The summed E-state index contributed by atoms with van der Waals surface area (Å²) in [5.74, 6) is 1.17. The van der Waals surface area contributed by atoms with Gasteiger partial charge < -0.3 is 24.0 Å². The summed E-state index contributed by atoms with van der Waals surface area (Å²) in [6, 6.07) is 26.0. The summed E-state index contributed by atoms with van der Waals surface area (Å²) < 4.78 is 46.9. The second kappa shape index (κ2) is 13.9. The molecule has 1 atom stereocenters. The van der Waals surface area contributed by atoms with Crippen LogP contribution in [0.3, 0.4) is 0 Å². The molecule has 10 nitrogen and oxygen atoms in total. The molecule has 1 aliphatic heterocycles. The molecule has 0 saturated carbocycles. The summed E-state index contributed by atoms with van der Waals surface area (Å²) in [5, 5.41) is 0. The average Bonchev–Trinajstić information content (AvgIpc) is 3.53. The number of nitrogens with zero attached hydrogens (tertiary/aromatic N) is 2. The molecule has 4 aromatic carbocycles. The number of carbonyl (C=O) groups is 2. The van der Waals surface area contributed by atoms with Crippen molar-refractivity contribution in [3.8, 4) is 28.4 Å². The van der Waals surface area contributed by atoms with Crippen molar-refractivity contribution in [1.82, 2.24) is 9.80 Å². The van der Waals surface area contributed by atoms with E-state index in [1.54, 1.807) is 80.7 Å².